The van der Waals surface area contributed by atoms with Crippen molar-refractivity contribution in [3.63, 3.8) is 0 Å². The fourth-order valence-corrected chi connectivity index (χ4v) is 5.20. The van der Waals surface area contributed by atoms with E-state index in [-0.39, 0.29) is 23.3 Å². The number of esters is 4. The molecule has 224 valence electrons. The van der Waals surface area contributed by atoms with E-state index < -0.39 is 53.3 Å². The van der Waals surface area contributed by atoms with Gasteiger partial charge in [-0.2, -0.15) is 0 Å². The van der Waals surface area contributed by atoms with E-state index in [2.05, 4.69) is 15.9 Å². The monoisotopic (exact) mass is 658 g/mol. The van der Waals surface area contributed by atoms with Gasteiger partial charge in [0.05, 0.1) is 22.3 Å². The largest absolute Gasteiger partial charge is 0.459 e. The molecule has 0 N–H and O–H groups in total. The van der Waals surface area contributed by atoms with Crippen LogP contribution in [0.25, 0.3) is 0 Å². The molecule has 0 bridgehead atoms. The summed E-state index contributed by atoms with van der Waals surface area (Å²) in [6.45, 7) is -0.374. The number of hydrogen-bond donors (Lipinski definition) is 0. The molecule has 4 aromatic rings. The minimum atomic E-state index is -1.37. The Labute approximate surface area is 261 Å². The van der Waals surface area contributed by atoms with Crippen molar-refractivity contribution in [2.24, 2.45) is 0 Å². The second-order valence-electron chi connectivity index (χ2n) is 9.70. The fourth-order valence-electron chi connectivity index (χ4n) is 4.51. The Balaban J connectivity index is 1.48. The summed E-state index contributed by atoms with van der Waals surface area (Å²) in [5.74, 6) is -2.85. The zero-order valence-electron chi connectivity index (χ0n) is 23.2. The third kappa shape index (κ3) is 7.58. The summed E-state index contributed by atoms with van der Waals surface area (Å²) in [7, 11) is 0. The molecule has 0 aromatic heterocycles. The van der Waals surface area contributed by atoms with Gasteiger partial charge < -0.3 is 23.7 Å². The molecule has 5 atom stereocenters. The highest BCUT2D eigenvalue weighted by atomic mass is 79.9. The lowest BCUT2D eigenvalue weighted by Crippen LogP contribution is -2.61. The number of carbonyl (C=O) groups excluding carboxylic acids is 4. The van der Waals surface area contributed by atoms with E-state index in [1.165, 1.54) is 0 Å². The van der Waals surface area contributed by atoms with E-state index in [1.807, 2.05) is 0 Å². The van der Waals surface area contributed by atoms with Crippen molar-refractivity contribution in [3.05, 3.63) is 144 Å². The maximum absolute atomic E-state index is 13.3. The van der Waals surface area contributed by atoms with Crippen molar-refractivity contribution in [2.75, 3.05) is 6.61 Å². The van der Waals surface area contributed by atoms with E-state index in [4.69, 9.17) is 23.7 Å². The first kappa shape index (κ1) is 30.7. The quantitative estimate of drug-likeness (QED) is 0.128. The van der Waals surface area contributed by atoms with Crippen molar-refractivity contribution in [2.45, 2.75) is 29.4 Å². The number of benzene rings is 4. The molecule has 0 radical (unpaired) electrons. The maximum Gasteiger partial charge on any atom is 0.338 e. The zero-order chi connectivity index (χ0) is 30.9. The van der Waals surface area contributed by atoms with Crippen molar-refractivity contribution >= 4 is 39.8 Å². The Morgan fingerprint density at radius 3 is 1.25 bits per heavy atom. The fraction of sp³-hybridized carbons (Fsp3) is 0.176. The van der Waals surface area contributed by atoms with Gasteiger partial charge >= 0.3 is 23.9 Å². The molecule has 0 spiro atoms. The van der Waals surface area contributed by atoms with Crippen LogP contribution in [0, 0.1) is 0 Å². The van der Waals surface area contributed by atoms with Gasteiger partial charge in [0.25, 0.3) is 0 Å². The summed E-state index contributed by atoms with van der Waals surface area (Å²) < 4.78 is 29.3. The van der Waals surface area contributed by atoms with Gasteiger partial charge in [0.15, 0.2) is 23.3 Å². The summed E-state index contributed by atoms with van der Waals surface area (Å²) in [6, 6.07) is 32.9. The lowest BCUT2D eigenvalue weighted by molar-refractivity contribution is -0.205. The molecule has 1 heterocycles. The molecule has 0 unspecified atom stereocenters. The van der Waals surface area contributed by atoms with Crippen LogP contribution in [-0.4, -0.2) is 59.9 Å². The molecule has 0 amide bonds. The van der Waals surface area contributed by atoms with Crippen LogP contribution in [0.15, 0.2) is 121 Å². The van der Waals surface area contributed by atoms with Crippen LogP contribution in [0.3, 0.4) is 0 Å². The number of ether oxygens (including phenoxy) is 5. The second kappa shape index (κ2) is 14.6. The molecule has 0 saturated carbocycles. The van der Waals surface area contributed by atoms with Crippen LogP contribution in [0.4, 0.5) is 0 Å². The third-order valence-electron chi connectivity index (χ3n) is 6.72. The number of halogens is 1. The lowest BCUT2D eigenvalue weighted by Gasteiger charge is -2.43. The van der Waals surface area contributed by atoms with Gasteiger partial charge in [-0.05, 0) is 48.5 Å². The molecule has 1 aliphatic heterocycles. The number of rotatable bonds is 9. The topological polar surface area (TPSA) is 114 Å². The van der Waals surface area contributed by atoms with E-state index in [9.17, 15) is 19.2 Å². The summed E-state index contributed by atoms with van der Waals surface area (Å²) in [5, 5.41) is -1.05. The summed E-state index contributed by atoms with van der Waals surface area (Å²) in [5.41, 5.74) is 0.994. The van der Waals surface area contributed by atoms with Crippen molar-refractivity contribution in [3.8, 4) is 0 Å². The van der Waals surface area contributed by atoms with Crippen LogP contribution in [0.1, 0.15) is 41.4 Å². The Hall–Kier alpha value is -4.80. The molecule has 1 aliphatic rings. The Morgan fingerprint density at radius 1 is 0.500 bits per heavy atom. The first-order valence-corrected chi connectivity index (χ1v) is 14.6. The second-order valence-corrected chi connectivity index (χ2v) is 10.6. The van der Waals surface area contributed by atoms with Gasteiger partial charge in [0, 0.05) is 0 Å². The minimum absolute atomic E-state index is 0.221. The molecule has 0 aliphatic carbocycles. The van der Waals surface area contributed by atoms with Crippen LogP contribution >= 0.6 is 15.9 Å². The maximum atomic E-state index is 13.3. The molecule has 5 rings (SSSR count). The van der Waals surface area contributed by atoms with Crippen molar-refractivity contribution in [1.82, 2.24) is 0 Å². The molecule has 4 aromatic carbocycles. The average molecular weight is 659 g/mol. The number of carbonyl (C=O) groups is 4. The molecule has 9 nitrogen and oxygen atoms in total. The predicted molar refractivity (Wildman–Crippen MR) is 161 cm³/mol. The molecular formula is C34H27BrO9. The molecular weight excluding hydrogens is 632 g/mol. The summed E-state index contributed by atoms with van der Waals surface area (Å²) in [4.78, 5) is 52.6. The highest BCUT2D eigenvalue weighted by Crippen LogP contribution is 2.33. The molecule has 44 heavy (non-hydrogen) atoms. The van der Waals surface area contributed by atoms with Gasteiger partial charge in [0.2, 0.25) is 0 Å². The first-order valence-electron chi connectivity index (χ1n) is 13.7. The molecule has 1 saturated heterocycles. The highest BCUT2D eigenvalue weighted by Gasteiger charge is 2.52. The summed E-state index contributed by atoms with van der Waals surface area (Å²) >= 11 is 3.40. The number of alkyl halides is 1. The smallest absolute Gasteiger partial charge is 0.338 e. The molecule has 10 heteroatoms. The average Bonchev–Trinajstić information content (AvgIpc) is 3.07. The van der Waals surface area contributed by atoms with Crippen LogP contribution in [0.5, 0.6) is 0 Å². The SMILES string of the molecule is O=C(OC[C@@H]1O[C@@H](Br)[C@H](OC(=O)c2ccccc2)[C@H](OC(=O)c2ccccc2)[C@H]1OC(=O)c1ccccc1)c1ccccc1. The normalized spacial score (nSPS) is 21.0. The predicted octanol–water partition coefficient (Wildman–Crippen LogP) is 5.64. The summed E-state index contributed by atoms with van der Waals surface area (Å²) in [6.07, 6.45) is -5.13. The minimum Gasteiger partial charge on any atom is -0.459 e. The standard InChI is InChI=1S/C34H27BrO9/c35-30-29(44-34(39)25-19-11-4-12-20-25)28(43-33(38)24-17-9-3-10-18-24)27(42-32(37)23-15-7-2-8-16-23)26(41-30)21-40-31(36)22-13-5-1-6-14-22/h1-20,26-30H,21H2/t26-,27-,28+,29+,30+/m0/s1. The van der Waals surface area contributed by atoms with Crippen molar-refractivity contribution < 1.29 is 42.9 Å². The van der Waals surface area contributed by atoms with E-state index in [0.717, 1.165) is 0 Å². The molecule has 1 fully saturated rings. The Morgan fingerprint density at radius 2 is 0.841 bits per heavy atom. The number of hydrogen-bond acceptors (Lipinski definition) is 9. The lowest BCUT2D eigenvalue weighted by atomic mass is 9.99. The highest BCUT2D eigenvalue weighted by molar-refractivity contribution is 9.09. The zero-order valence-corrected chi connectivity index (χ0v) is 24.8. The van der Waals surface area contributed by atoms with E-state index >= 15 is 0 Å². The van der Waals surface area contributed by atoms with Crippen LogP contribution in [-0.2, 0) is 23.7 Å². The van der Waals surface area contributed by atoms with Crippen molar-refractivity contribution in [1.29, 1.82) is 0 Å². The van der Waals surface area contributed by atoms with E-state index in [1.54, 1.807) is 121 Å². The first-order chi connectivity index (χ1) is 21.4. The van der Waals surface area contributed by atoms with E-state index in [0.29, 0.717) is 5.56 Å². The van der Waals surface area contributed by atoms with Gasteiger partial charge in [-0.1, -0.05) is 88.7 Å². The van der Waals surface area contributed by atoms with Crippen LogP contribution < -0.4 is 0 Å². The Bertz CT molecular complexity index is 1570. The van der Waals surface area contributed by atoms with Gasteiger partial charge in [0.1, 0.15) is 12.7 Å². The van der Waals surface area contributed by atoms with Gasteiger partial charge in [-0.3, -0.25) is 0 Å². The van der Waals surface area contributed by atoms with Gasteiger partial charge in [-0.15, -0.1) is 0 Å². The van der Waals surface area contributed by atoms with Gasteiger partial charge in [-0.25, -0.2) is 19.2 Å². The third-order valence-corrected chi connectivity index (χ3v) is 7.46. The van der Waals surface area contributed by atoms with Crippen LogP contribution in [0.2, 0.25) is 0 Å². The Kier molecular flexibility index (Phi) is 10.2.